The predicted octanol–water partition coefficient (Wildman–Crippen LogP) is 4.46. The number of aromatic nitrogens is 3. The average molecular weight is 472 g/mol. The molecule has 2 aromatic carbocycles. The number of benzene rings is 2. The molecule has 0 aliphatic rings. The number of carbonyl (C=O) groups is 1. The molecule has 31 heavy (non-hydrogen) atoms. The van der Waals surface area contributed by atoms with E-state index in [1.165, 1.54) is 24.8 Å². The van der Waals surface area contributed by atoms with Crippen molar-refractivity contribution in [2.45, 2.75) is 23.5 Å². The van der Waals surface area contributed by atoms with Gasteiger partial charge in [0.25, 0.3) is 0 Å². The van der Waals surface area contributed by atoms with Crippen molar-refractivity contribution in [3.8, 4) is 17.1 Å². The number of nitrogens with zero attached hydrogens (tertiary/aromatic N) is 3. The number of anilines is 1. The molecule has 7 nitrogen and oxygen atoms in total. The summed E-state index contributed by atoms with van der Waals surface area (Å²) in [6.45, 7) is 1.51. The summed E-state index contributed by atoms with van der Waals surface area (Å²) in [5.74, 6) is 6.25. The molecule has 0 aliphatic carbocycles. The first-order chi connectivity index (χ1) is 14.6. The van der Waals surface area contributed by atoms with Gasteiger partial charge in [-0.25, -0.2) is 4.68 Å². The van der Waals surface area contributed by atoms with Crippen molar-refractivity contribution in [2.75, 3.05) is 18.3 Å². The molecule has 0 spiro atoms. The summed E-state index contributed by atoms with van der Waals surface area (Å²) in [6, 6.07) is 10.2. The number of rotatable bonds is 6. The number of nitrogens with one attached hydrogen (secondary N) is 1. The number of para-hydroxylation sites is 1. The fourth-order valence-electron chi connectivity index (χ4n) is 2.68. The summed E-state index contributed by atoms with van der Waals surface area (Å²) < 4.78 is 46.2. The molecule has 3 rings (SSSR count). The van der Waals surface area contributed by atoms with Crippen molar-refractivity contribution in [3.63, 3.8) is 0 Å². The maximum absolute atomic E-state index is 13.2. The Balaban J connectivity index is 1.78. The van der Waals surface area contributed by atoms with Gasteiger partial charge >= 0.3 is 6.18 Å². The van der Waals surface area contributed by atoms with Crippen LogP contribution in [0.4, 0.5) is 18.9 Å². The summed E-state index contributed by atoms with van der Waals surface area (Å²) in [4.78, 5) is 12.5. The van der Waals surface area contributed by atoms with E-state index in [2.05, 4.69) is 15.5 Å². The Morgan fingerprint density at radius 3 is 2.65 bits per heavy atom. The van der Waals surface area contributed by atoms with Gasteiger partial charge in [0.15, 0.2) is 5.82 Å². The number of alkyl halides is 3. The van der Waals surface area contributed by atoms with E-state index in [1.54, 1.807) is 24.3 Å². The summed E-state index contributed by atoms with van der Waals surface area (Å²) in [5, 5.41) is 9.60. The molecule has 0 radical (unpaired) electrons. The largest absolute Gasteiger partial charge is 0.496 e. The molecular weight excluding hydrogens is 455 g/mol. The molecule has 0 fully saturated rings. The molecule has 1 amide bonds. The molecule has 0 bridgehead atoms. The molecule has 12 heteroatoms. The molecule has 0 aliphatic heterocycles. The van der Waals surface area contributed by atoms with E-state index in [1.807, 2.05) is 0 Å². The van der Waals surface area contributed by atoms with Gasteiger partial charge in [-0.15, -0.1) is 10.2 Å². The maximum Gasteiger partial charge on any atom is 0.418 e. The zero-order valence-electron chi connectivity index (χ0n) is 16.3. The third-order valence-corrected chi connectivity index (χ3v) is 5.50. The van der Waals surface area contributed by atoms with Crippen LogP contribution in [0.2, 0.25) is 5.02 Å². The lowest BCUT2D eigenvalue weighted by Crippen LogP contribution is -2.25. The number of thioether (sulfide) groups is 1. The van der Waals surface area contributed by atoms with Crippen LogP contribution in [0.1, 0.15) is 12.5 Å². The van der Waals surface area contributed by atoms with Gasteiger partial charge in [0, 0.05) is 5.02 Å². The van der Waals surface area contributed by atoms with Crippen molar-refractivity contribution < 1.29 is 22.7 Å². The standard InChI is InChI=1S/C19H17ClF3N5O2S/c1-10(17(29)25-14-8-7-11(20)9-13(14)19(21,22)23)31-18-27-26-16(28(18)24)12-5-3-4-6-15(12)30-2/h3-10H,24H2,1-2H3,(H,25,29). The third-order valence-electron chi connectivity index (χ3n) is 4.21. The highest BCUT2D eigenvalue weighted by Gasteiger charge is 2.34. The first-order valence-corrected chi connectivity index (χ1v) is 10.1. The predicted molar refractivity (Wildman–Crippen MR) is 113 cm³/mol. The van der Waals surface area contributed by atoms with E-state index in [-0.39, 0.29) is 10.2 Å². The lowest BCUT2D eigenvalue weighted by Gasteiger charge is -2.16. The second-order valence-corrected chi connectivity index (χ2v) is 8.06. The number of halogens is 4. The first kappa shape index (κ1) is 22.8. The first-order valence-electron chi connectivity index (χ1n) is 8.80. The molecule has 0 saturated heterocycles. The lowest BCUT2D eigenvalue weighted by molar-refractivity contribution is -0.137. The fourth-order valence-corrected chi connectivity index (χ4v) is 3.62. The normalized spacial score (nSPS) is 12.5. The topological polar surface area (TPSA) is 95.1 Å². The lowest BCUT2D eigenvalue weighted by atomic mass is 10.1. The Morgan fingerprint density at radius 2 is 1.97 bits per heavy atom. The minimum absolute atomic E-state index is 0.0900. The summed E-state index contributed by atoms with van der Waals surface area (Å²) in [6.07, 6.45) is -4.68. The Labute approximate surface area is 184 Å². The number of hydrogen-bond donors (Lipinski definition) is 2. The van der Waals surface area contributed by atoms with Crippen LogP contribution in [-0.4, -0.2) is 33.1 Å². The zero-order chi connectivity index (χ0) is 22.8. The van der Waals surface area contributed by atoms with Crippen LogP contribution in [0.15, 0.2) is 47.6 Å². The van der Waals surface area contributed by atoms with E-state index in [0.717, 1.165) is 23.9 Å². The van der Waals surface area contributed by atoms with Gasteiger partial charge in [0.05, 0.1) is 29.2 Å². The van der Waals surface area contributed by atoms with Gasteiger partial charge < -0.3 is 15.9 Å². The number of hydrogen-bond acceptors (Lipinski definition) is 6. The Bertz CT molecular complexity index is 1110. The van der Waals surface area contributed by atoms with Gasteiger partial charge in [-0.2, -0.15) is 13.2 Å². The molecule has 3 N–H and O–H groups in total. The molecule has 3 aromatic rings. The van der Waals surface area contributed by atoms with E-state index >= 15 is 0 Å². The van der Waals surface area contributed by atoms with Crippen LogP contribution < -0.4 is 15.9 Å². The number of nitrogen functional groups attached to an aromatic ring is 1. The number of carbonyl (C=O) groups excluding carboxylic acids is 1. The molecular formula is C19H17ClF3N5O2S. The van der Waals surface area contributed by atoms with E-state index in [4.69, 9.17) is 22.2 Å². The molecule has 0 saturated carbocycles. The van der Waals surface area contributed by atoms with Crippen LogP contribution in [-0.2, 0) is 11.0 Å². The highest BCUT2D eigenvalue weighted by molar-refractivity contribution is 8.00. The zero-order valence-corrected chi connectivity index (χ0v) is 17.8. The second-order valence-electron chi connectivity index (χ2n) is 6.31. The second kappa shape index (κ2) is 9.06. The van der Waals surface area contributed by atoms with Crippen molar-refractivity contribution in [2.24, 2.45) is 0 Å². The van der Waals surface area contributed by atoms with E-state index in [0.29, 0.717) is 17.1 Å². The van der Waals surface area contributed by atoms with Crippen LogP contribution in [0, 0.1) is 0 Å². The highest BCUT2D eigenvalue weighted by Crippen LogP contribution is 2.37. The van der Waals surface area contributed by atoms with Gasteiger partial charge in [0.1, 0.15) is 5.75 Å². The monoisotopic (exact) mass is 471 g/mol. The van der Waals surface area contributed by atoms with E-state index < -0.39 is 28.6 Å². The maximum atomic E-state index is 13.2. The van der Waals surface area contributed by atoms with Gasteiger partial charge in [-0.3, -0.25) is 4.79 Å². The van der Waals surface area contributed by atoms with Crippen LogP contribution >= 0.6 is 23.4 Å². The van der Waals surface area contributed by atoms with Gasteiger partial charge in [0.2, 0.25) is 11.1 Å². The molecule has 1 aromatic heterocycles. The summed E-state index contributed by atoms with van der Waals surface area (Å²) in [5.41, 5.74) is -0.829. The quantitative estimate of drug-likeness (QED) is 0.407. The smallest absolute Gasteiger partial charge is 0.418 e. The van der Waals surface area contributed by atoms with Crippen LogP contribution in [0.25, 0.3) is 11.4 Å². The van der Waals surface area contributed by atoms with Crippen molar-refractivity contribution in [1.82, 2.24) is 14.9 Å². The minimum atomic E-state index is -4.68. The summed E-state index contributed by atoms with van der Waals surface area (Å²) in [7, 11) is 1.50. The highest BCUT2D eigenvalue weighted by atomic mass is 35.5. The summed E-state index contributed by atoms with van der Waals surface area (Å²) >= 11 is 6.61. The van der Waals surface area contributed by atoms with Crippen molar-refractivity contribution in [3.05, 3.63) is 53.1 Å². The van der Waals surface area contributed by atoms with Crippen LogP contribution in [0.5, 0.6) is 5.75 Å². The number of nitrogens with two attached hydrogens (primary N) is 1. The van der Waals surface area contributed by atoms with Crippen molar-refractivity contribution >= 4 is 35.0 Å². The number of amides is 1. The number of methoxy groups -OCH3 is 1. The molecule has 164 valence electrons. The molecule has 1 atom stereocenters. The van der Waals surface area contributed by atoms with Crippen molar-refractivity contribution in [1.29, 1.82) is 0 Å². The van der Waals surface area contributed by atoms with Crippen LogP contribution in [0.3, 0.4) is 0 Å². The number of ether oxygens (including phenoxy) is 1. The Hall–Kier alpha value is -2.92. The minimum Gasteiger partial charge on any atom is -0.496 e. The van der Waals surface area contributed by atoms with Gasteiger partial charge in [-0.1, -0.05) is 35.5 Å². The third kappa shape index (κ3) is 5.05. The Morgan fingerprint density at radius 1 is 1.26 bits per heavy atom. The van der Waals surface area contributed by atoms with Gasteiger partial charge in [-0.05, 0) is 37.3 Å². The fraction of sp³-hybridized carbons (Fsp3) is 0.211. The SMILES string of the molecule is COc1ccccc1-c1nnc(SC(C)C(=O)Nc2ccc(Cl)cc2C(F)(F)F)n1N. The molecule has 1 heterocycles. The van der Waals surface area contributed by atoms with E-state index in [9.17, 15) is 18.0 Å². The Kier molecular flexibility index (Phi) is 6.65. The average Bonchev–Trinajstić information content (AvgIpc) is 3.08. The molecule has 1 unspecified atom stereocenters.